The third-order valence-electron chi connectivity index (χ3n) is 3.93. The summed E-state index contributed by atoms with van der Waals surface area (Å²) in [6.45, 7) is 0. The minimum absolute atomic E-state index is 0.0194. The Balaban J connectivity index is 1.70. The predicted molar refractivity (Wildman–Crippen MR) is 117 cm³/mol. The van der Waals surface area contributed by atoms with Crippen molar-refractivity contribution in [1.82, 2.24) is 0 Å². The van der Waals surface area contributed by atoms with E-state index in [9.17, 15) is 10.1 Å². The number of amides is 1. The van der Waals surface area contributed by atoms with Gasteiger partial charge in [-0.2, -0.15) is 5.26 Å². The van der Waals surface area contributed by atoms with Gasteiger partial charge in [0.05, 0.1) is 7.11 Å². The zero-order chi connectivity index (χ0) is 20.6. The second-order valence-corrected chi connectivity index (χ2v) is 7.56. The maximum Gasteiger partial charge on any atom is 0.266 e. The van der Waals surface area contributed by atoms with E-state index in [4.69, 9.17) is 16.3 Å². The maximum atomic E-state index is 12.4. The quantitative estimate of drug-likeness (QED) is 0.389. The first-order chi connectivity index (χ1) is 14.1. The van der Waals surface area contributed by atoms with E-state index >= 15 is 0 Å². The first-order valence-corrected chi connectivity index (χ1v) is 9.87. The topological polar surface area (TPSA) is 62.1 Å². The monoisotopic (exact) mass is 420 g/mol. The molecule has 0 saturated carbocycles. The summed E-state index contributed by atoms with van der Waals surface area (Å²) in [5, 5.41) is 12.8. The molecule has 0 unspecified atom stereocenters. The summed E-state index contributed by atoms with van der Waals surface area (Å²) in [5.41, 5.74) is 1.35. The first kappa shape index (κ1) is 20.5. The Morgan fingerprint density at radius 2 is 1.72 bits per heavy atom. The zero-order valence-electron chi connectivity index (χ0n) is 15.6. The van der Waals surface area contributed by atoms with E-state index in [1.807, 2.05) is 54.6 Å². The van der Waals surface area contributed by atoms with Gasteiger partial charge in [-0.1, -0.05) is 41.6 Å². The largest absolute Gasteiger partial charge is 0.497 e. The van der Waals surface area contributed by atoms with Crippen molar-refractivity contribution in [1.29, 1.82) is 5.26 Å². The number of nitrogens with one attached hydrogen (secondary N) is 1. The van der Waals surface area contributed by atoms with Crippen LogP contribution < -0.4 is 10.1 Å². The standard InChI is InChI=1S/C23H17ClN2O2S/c1-28-20-4-2-3-19(14-20)26-23(27)17(15-25)13-16-5-9-21(10-6-16)29-22-11-7-18(24)8-12-22/h2-14H,1H3,(H,26,27)/b17-13-. The van der Waals surface area contributed by atoms with Crippen LogP contribution in [0.1, 0.15) is 5.56 Å². The van der Waals surface area contributed by atoms with Crippen LogP contribution in [-0.2, 0) is 4.79 Å². The number of anilines is 1. The van der Waals surface area contributed by atoms with Crippen LogP contribution in [0.4, 0.5) is 5.69 Å². The van der Waals surface area contributed by atoms with Crippen LogP contribution in [-0.4, -0.2) is 13.0 Å². The molecule has 3 rings (SSSR count). The normalized spacial score (nSPS) is 10.9. The lowest BCUT2D eigenvalue weighted by Gasteiger charge is -2.06. The molecule has 144 valence electrons. The van der Waals surface area contributed by atoms with Crippen molar-refractivity contribution in [3.05, 3.63) is 89.0 Å². The van der Waals surface area contributed by atoms with Crippen molar-refractivity contribution in [3.8, 4) is 11.8 Å². The van der Waals surface area contributed by atoms with E-state index in [1.165, 1.54) is 0 Å². The Hall–Kier alpha value is -3.20. The molecule has 1 N–H and O–H groups in total. The lowest BCUT2D eigenvalue weighted by molar-refractivity contribution is -0.112. The van der Waals surface area contributed by atoms with Gasteiger partial charge in [-0.15, -0.1) is 0 Å². The zero-order valence-corrected chi connectivity index (χ0v) is 17.1. The molecule has 0 aliphatic heterocycles. The highest BCUT2D eigenvalue weighted by Crippen LogP contribution is 2.29. The molecular weight excluding hydrogens is 404 g/mol. The van der Waals surface area contributed by atoms with Crippen LogP contribution in [0, 0.1) is 11.3 Å². The number of nitrogens with zero attached hydrogens (tertiary/aromatic N) is 1. The van der Waals surface area contributed by atoms with Gasteiger partial charge in [-0.3, -0.25) is 4.79 Å². The second-order valence-electron chi connectivity index (χ2n) is 5.98. The number of benzene rings is 3. The fourth-order valence-electron chi connectivity index (χ4n) is 2.49. The highest BCUT2D eigenvalue weighted by Gasteiger charge is 2.10. The molecule has 0 aliphatic carbocycles. The van der Waals surface area contributed by atoms with Crippen molar-refractivity contribution in [2.75, 3.05) is 12.4 Å². The molecule has 3 aromatic rings. The third-order valence-corrected chi connectivity index (χ3v) is 5.20. The number of ether oxygens (including phenoxy) is 1. The molecule has 0 aliphatic rings. The molecular formula is C23H17ClN2O2S. The predicted octanol–water partition coefficient (Wildman–Crippen LogP) is 6.05. The molecule has 0 fully saturated rings. The summed E-state index contributed by atoms with van der Waals surface area (Å²) in [6, 6.07) is 24.2. The number of rotatable bonds is 6. The molecule has 0 atom stereocenters. The highest BCUT2D eigenvalue weighted by molar-refractivity contribution is 7.99. The molecule has 4 nitrogen and oxygen atoms in total. The molecule has 0 aromatic heterocycles. The van der Waals surface area contributed by atoms with Gasteiger partial charge in [-0.05, 0) is 60.2 Å². The van der Waals surface area contributed by atoms with Gasteiger partial charge in [-0.25, -0.2) is 0 Å². The fraction of sp³-hybridized carbons (Fsp3) is 0.0435. The number of nitriles is 1. The Morgan fingerprint density at radius 3 is 2.34 bits per heavy atom. The van der Waals surface area contributed by atoms with Crippen LogP contribution in [0.3, 0.4) is 0 Å². The average molecular weight is 421 g/mol. The number of methoxy groups -OCH3 is 1. The molecule has 0 spiro atoms. The summed E-state index contributed by atoms with van der Waals surface area (Å²) in [6.07, 6.45) is 1.56. The van der Waals surface area contributed by atoms with Crippen molar-refractivity contribution < 1.29 is 9.53 Å². The lowest BCUT2D eigenvalue weighted by atomic mass is 10.1. The number of carbonyl (C=O) groups is 1. The van der Waals surface area contributed by atoms with Crippen molar-refractivity contribution in [3.63, 3.8) is 0 Å². The Bertz CT molecular complexity index is 1070. The van der Waals surface area contributed by atoms with Crippen LogP contribution in [0.5, 0.6) is 5.75 Å². The van der Waals surface area contributed by atoms with Crippen molar-refractivity contribution in [2.24, 2.45) is 0 Å². The Labute approximate surface area is 178 Å². The first-order valence-electron chi connectivity index (χ1n) is 8.68. The van der Waals surface area contributed by atoms with E-state index in [2.05, 4.69) is 5.32 Å². The lowest BCUT2D eigenvalue weighted by Crippen LogP contribution is -2.13. The molecule has 6 heteroatoms. The number of hydrogen-bond acceptors (Lipinski definition) is 4. The smallest absolute Gasteiger partial charge is 0.266 e. The molecule has 0 saturated heterocycles. The average Bonchev–Trinajstić information content (AvgIpc) is 2.75. The second kappa shape index (κ2) is 9.83. The summed E-state index contributed by atoms with van der Waals surface area (Å²) in [7, 11) is 1.55. The van der Waals surface area contributed by atoms with Gasteiger partial charge < -0.3 is 10.1 Å². The van der Waals surface area contributed by atoms with E-state index in [0.717, 1.165) is 15.4 Å². The van der Waals surface area contributed by atoms with Crippen LogP contribution in [0.2, 0.25) is 5.02 Å². The van der Waals surface area contributed by atoms with Crippen molar-refractivity contribution >= 4 is 41.0 Å². The van der Waals surface area contributed by atoms with Gasteiger partial charge in [0.1, 0.15) is 17.4 Å². The van der Waals surface area contributed by atoms with Gasteiger partial charge in [0.2, 0.25) is 0 Å². The molecule has 0 bridgehead atoms. The maximum absolute atomic E-state index is 12.4. The van der Waals surface area contributed by atoms with Crippen LogP contribution in [0.15, 0.2) is 88.2 Å². The van der Waals surface area contributed by atoms with Gasteiger partial charge in [0.25, 0.3) is 5.91 Å². The van der Waals surface area contributed by atoms with E-state index in [1.54, 1.807) is 49.2 Å². The van der Waals surface area contributed by atoms with Crippen LogP contribution >= 0.6 is 23.4 Å². The number of carbonyl (C=O) groups excluding carboxylic acids is 1. The van der Waals surface area contributed by atoms with Gasteiger partial charge in [0, 0.05) is 26.6 Å². The SMILES string of the molecule is COc1cccc(NC(=O)/C(C#N)=C\c2ccc(Sc3ccc(Cl)cc3)cc2)c1. The molecule has 0 radical (unpaired) electrons. The highest BCUT2D eigenvalue weighted by atomic mass is 35.5. The van der Waals surface area contributed by atoms with E-state index in [0.29, 0.717) is 16.5 Å². The number of halogens is 1. The molecule has 3 aromatic carbocycles. The van der Waals surface area contributed by atoms with E-state index < -0.39 is 5.91 Å². The molecule has 29 heavy (non-hydrogen) atoms. The van der Waals surface area contributed by atoms with E-state index in [-0.39, 0.29) is 5.57 Å². The number of hydrogen-bond donors (Lipinski definition) is 1. The summed E-state index contributed by atoms with van der Waals surface area (Å²) in [5.74, 6) is 0.152. The minimum Gasteiger partial charge on any atom is -0.497 e. The van der Waals surface area contributed by atoms with Gasteiger partial charge >= 0.3 is 0 Å². The van der Waals surface area contributed by atoms with Gasteiger partial charge in [0.15, 0.2) is 0 Å². The molecule has 1 amide bonds. The minimum atomic E-state index is -0.472. The summed E-state index contributed by atoms with van der Waals surface area (Å²) >= 11 is 7.51. The Kier molecular flexibility index (Phi) is 6.96. The summed E-state index contributed by atoms with van der Waals surface area (Å²) < 4.78 is 5.14. The molecule has 0 heterocycles. The summed E-state index contributed by atoms with van der Waals surface area (Å²) in [4.78, 5) is 14.5. The Morgan fingerprint density at radius 1 is 1.07 bits per heavy atom. The van der Waals surface area contributed by atoms with Crippen LogP contribution in [0.25, 0.3) is 6.08 Å². The third kappa shape index (κ3) is 5.89. The van der Waals surface area contributed by atoms with Crippen molar-refractivity contribution in [2.45, 2.75) is 9.79 Å². The fourth-order valence-corrected chi connectivity index (χ4v) is 3.43.